The van der Waals surface area contributed by atoms with Gasteiger partial charge in [0.25, 0.3) is 5.89 Å². The van der Waals surface area contributed by atoms with Crippen molar-refractivity contribution >= 4 is 11.6 Å². The van der Waals surface area contributed by atoms with Gasteiger partial charge in [0.15, 0.2) is 11.5 Å². The molecule has 21 heavy (non-hydrogen) atoms. The maximum absolute atomic E-state index is 9.59. The first-order valence-electron chi connectivity index (χ1n) is 6.14. The Morgan fingerprint density at radius 2 is 2.00 bits per heavy atom. The van der Waals surface area contributed by atoms with Gasteiger partial charge in [-0.3, -0.25) is 0 Å². The molecule has 0 aliphatic rings. The van der Waals surface area contributed by atoms with Gasteiger partial charge in [-0.15, -0.1) is 0 Å². The van der Waals surface area contributed by atoms with E-state index in [1.54, 1.807) is 24.3 Å². The fourth-order valence-corrected chi connectivity index (χ4v) is 2.09. The van der Waals surface area contributed by atoms with E-state index in [0.717, 1.165) is 5.56 Å². The molecule has 0 radical (unpaired) electrons. The summed E-state index contributed by atoms with van der Waals surface area (Å²) in [7, 11) is 1.48. The van der Waals surface area contributed by atoms with Crippen molar-refractivity contribution in [3.05, 3.63) is 47.5 Å². The number of hydrogen-bond donors (Lipinski definition) is 1. The van der Waals surface area contributed by atoms with Crippen LogP contribution in [-0.4, -0.2) is 22.4 Å². The fraction of sp³-hybridized carbons (Fsp3) is 0.0667. The van der Waals surface area contributed by atoms with Crippen LogP contribution in [0.1, 0.15) is 0 Å². The average molecular weight is 303 g/mol. The van der Waals surface area contributed by atoms with Crippen LogP contribution in [0.4, 0.5) is 0 Å². The van der Waals surface area contributed by atoms with Crippen LogP contribution < -0.4 is 4.74 Å². The van der Waals surface area contributed by atoms with Crippen LogP contribution in [0.25, 0.3) is 22.8 Å². The van der Waals surface area contributed by atoms with E-state index in [4.69, 9.17) is 20.9 Å². The average Bonchev–Trinajstić information content (AvgIpc) is 2.97. The highest BCUT2D eigenvalue weighted by molar-refractivity contribution is 6.30. The van der Waals surface area contributed by atoms with Crippen LogP contribution in [0.5, 0.6) is 11.5 Å². The molecule has 0 aliphatic carbocycles. The molecule has 2 aromatic carbocycles. The summed E-state index contributed by atoms with van der Waals surface area (Å²) in [5, 5.41) is 14.1. The van der Waals surface area contributed by atoms with Gasteiger partial charge < -0.3 is 14.4 Å². The molecule has 1 N–H and O–H groups in total. The number of methoxy groups -OCH3 is 1. The third-order valence-electron chi connectivity index (χ3n) is 2.94. The van der Waals surface area contributed by atoms with E-state index in [-0.39, 0.29) is 5.75 Å². The Bertz CT molecular complexity index is 786. The number of aromatic nitrogens is 2. The third kappa shape index (κ3) is 2.68. The zero-order valence-corrected chi connectivity index (χ0v) is 11.8. The topological polar surface area (TPSA) is 68.4 Å². The highest BCUT2D eigenvalue weighted by Crippen LogP contribution is 2.31. The quantitative estimate of drug-likeness (QED) is 0.797. The molecule has 106 valence electrons. The molecule has 0 saturated heterocycles. The van der Waals surface area contributed by atoms with Gasteiger partial charge in [0, 0.05) is 16.1 Å². The van der Waals surface area contributed by atoms with Crippen molar-refractivity contribution in [3.8, 4) is 34.3 Å². The number of halogens is 1. The second-order valence-electron chi connectivity index (χ2n) is 4.32. The normalized spacial score (nSPS) is 10.6. The molecule has 0 unspecified atom stereocenters. The first-order chi connectivity index (χ1) is 10.2. The minimum Gasteiger partial charge on any atom is -0.504 e. The first-order valence-corrected chi connectivity index (χ1v) is 6.52. The van der Waals surface area contributed by atoms with Gasteiger partial charge in [-0.2, -0.15) is 4.98 Å². The Kier molecular flexibility index (Phi) is 3.50. The zero-order chi connectivity index (χ0) is 14.8. The lowest BCUT2D eigenvalue weighted by Crippen LogP contribution is -1.85. The van der Waals surface area contributed by atoms with Crippen LogP contribution in [-0.2, 0) is 0 Å². The predicted molar refractivity (Wildman–Crippen MR) is 78.4 cm³/mol. The molecule has 0 bridgehead atoms. The molecule has 0 atom stereocenters. The van der Waals surface area contributed by atoms with Crippen LogP contribution in [0, 0.1) is 0 Å². The monoisotopic (exact) mass is 302 g/mol. The van der Waals surface area contributed by atoms with Crippen molar-refractivity contribution in [1.29, 1.82) is 0 Å². The highest BCUT2D eigenvalue weighted by atomic mass is 35.5. The summed E-state index contributed by atoms with van der Waals surface area (Å²) in [6.45, 7) is 0. The second-order valence-corrected chi connectivity index (χ2v) is 4.76. The number of ether oxygens (including phenoxy) is 1. The fourth-order valence-electron chi connectivity index (χ4n) is 1.90. The third-order valence-corrected chi connectivity index (χ3v) is 3.17. The van der Waals surface area contributed by atoms with Crippen molar-refractivity contribution in [1.82, 2.24) is 10.1 Å². The van der Waals surface area contributed by atoms with Gasteiger partial charge >= 0.3 is 0 Å². The van der Waals surface area contributed by atoms with E-state index in [2.05, 4.69) is 10.1 Å². The van der Waals surface area contributed by atoms with E-state index < -0.39 is 0 Å². The summed E-state index contributed by atoms with van der Waals surface area (Å²) >= 11 is 5.95. The summed E-state index contributed by atoms with van der Waals surface area (Å²) in [6, 6.07) is 12.0. The number of rotatable bonds is 3. The maximum Gasteiger partial charge on any atom is 0.258 e. The number of benzene rings is 2. The molecule has 1 heterocycles. The predicted octanol–water partition coefficient (Wildman–Crippen LogP) is 3.77. The van der Waals surface area contributed by atoms with E-state index >= 15 is 0 Å². The molecule has 0 amide bonds. The Morgan fingerprint density at radius 1 is 1.14 bits per heavy atom. The number of aromatic hydroxyl groups is 1. The SMILES string of the molecule is COc1cc(-c2nc(-c3cccc(Cl)c3)no2)ccc1O. The second kappa shape index (κ2) is 5.46. The van der Waals surface area contributed by atoms with Gasteiger partial charge in [0.2, 0.25) is 5.82 Å². The van der Waals surface area contributed by atoms with Gasteiger partial charge in [-0.25, -0.2) is 0 Å². The Hall–Kier alpha value is -2.53. The molecule has 1 aromatic heterocycles. The molecule has 5 nitrogen and oxygen atoms in total. The van der Waals surface area contributed by atoms with Gasteiger partial charge in [-0.05, 0) is 30.3 Å². The Labute approximate surface area is 125 Å². The lowest BCUT2D eigenvalue weighted by molar-refractivity contribution is 0.373. The molecule has 3 aromatic rings. The summed E-state index contributed by atoms with van der Waals surface area (Å²) in [5.74, 6) is 1.17. The number of phenolic OH excluding ortho intramolecular Hbond substituents is 1. The van der Waals surface area contributed by atoms with Gasteiger partial charge in [0.05, 0.1) is 7.11 Å². The van der Waals surface area contributed by atoms with Crippen LogP contribution in [0.15, 0.2) is 47.0 Å². The summed E-state index contributed by atoms with van der Waals surface area (Å²) in [6.07, 6.45) is 0. The van der Waals surface area contributed by atoms with Crippen LogP contribution in [0.3, 0.4) is 0 Å². The Balaban J connectivity index is 1.98. The lowest BCUT2D eigenvalue weighted by Gasteiger charge is -2.03. The molecule has 0 spiro atoms. The Morgan fingerprint density at radius 3 is 2.76 bits per heavy atom. The minimum absolute atomic E-state index is 0.0517. The summed E-state index contributed by atoms with van der Waals surface area (Å²) < 4.78 is 10.3. The summed E-state index contributed by atoms with van der Waals surface area (Å²) in [5.41, 5.74) is 1.42. The largest absolute Gasteiger partial charge is 0.504 e. The molecular weight excluding hydrogens is 292 g/mol. The highest BCUT2D eigenvalue weighted by Gasteiger charge is 2.13. The molecule has 0 fully saturated rings. The molecule has 0 aliphatic heterocycles. The van der Waals surface area contributed by atoms with Gasteiger partial charge in [-0.1, -0.05) is 28.9 Å². The van der Waals surface area contributed by atoms with E-state index in [1.807, 2.05) is 12.1 Å². The maximum atomic E-state index is 9.59. The van der Waals surface area contributed by atoms with Crippen molar-refractivity contribution < 1.29 is 14.4 Å². The lowest BCUT2D eigenvalue weighted by atomic mass is 10.2. The van der Waals surface area contributed by atoms with Crippen molar-refractivity contribution in [3.63, 3.8) is 0 Å². The van der Waals surface area contributed by atoms with Crippen molar-refractivity contribution in [2.75, 3.05) is 7.11 Å². The number of phenols is 1. The molecule has 6 heteroatoms. The van der Waals surface area contributed by atoms with Crippen LogP contribution >= 0.6 is 11.6 Å². The molecule has 3 rings (SSSR count). The minimum atomic E-state index is 0.0517. The van der Waals surface area contributed by atoms with E-state index in [0.29, 0.717) is 28.1 Å². The van der Waals surface area contributed by atoms with Crippen LogP contribution in [0.2, 0.25) is 5.02 Å². The molecular formula is C15H11ClN2O3. The number of nitrogens with zero attached hydrogens (tertiary/aromatic N) is 2. The number of hydrogen-bond acceptors (Lipinski definition) is 5. The van der Waals surface area contributed by atoms with E-state index in [1.165, 1.54) is 13.2 Å². The zero-order valence-electron chi connectivity index (χ0n) is 11.1. The van der Waals surface area contributed by atoms with Gasteiger partial charge in [0.1, 0.15) is 0 Å². The standard InChI is InChI=1S/C15H11ClN2O3/c1-20-13-8-10(5-6-12(13)19)15-17-14(18-21-15)9-3-2-4-11(16)7-9/h2-8,19H,1H3. The molecule has 0 saturated carbocycles. The first kappa shape index (κ1) is 13.5. The van der Waals surface area contributed by atoms with E-state index in [9.17, 15) is 5.11 Å². The summed E-state index contributed by atoms with van der Waals surface area (Å²) in [4.78, 5) is 4.32. The van der Waals surface area contributed by atoms with Crippen molar-refractivity contribution in [2.24, 2.45) is 0 Å². The smallest absolute Gasteiger partial charge is 0.258 e. The van der Waals surface area contributed by atoms with Crippen molar-refractivity contribution in [2.45, 2.75) is 0 Å².